The molecule has 6 heteroatoms. The van der Waals surface area contributed by atoms with Crippen molar-refractivity contribution < 1.29 is 4.79 Å². The number of anilines is 1. The number of hydrogen-bond donors (Lipinski definition) is 0. The maximum Gasteiger partial charge on any atom is 0.166 e. The summed E-state index contributed by atoms with van der Waals surface area (Å²) in [5, 5.41) is 0.809. The van der Waals surface area contributed by atoms with Crippen molar-refractivity contribution >= 4 is 44.8 Å². The van der Waals surface area contributed by atoms with Crippen molar-refractivity contribution in [3.63, 3.8) is 0 Å². The standard InChI is InChI=1S/C23H24N4OS/c1-26-11-4-12-27(14-13-26)22-10-7-16-15-17(20(28)9-8-18(16)24-22)23-25-19-5-2-3-6-21(19)29-23/h2-3,5-7,10,15H,4,8-9,11-14H2,1H3. The summed E-state index contributed by atoms with van der Waals surface area (Å²) < 4.78 is 1.11. The SMILES string of the molecule is CN1CCCN(c2ccc3c(n2)CCC(=O)C(c2nc4ccccc4s2)=C3)CC1. The third-order valence-electron chi connectivity index (χ3n) is 5.75. The van der Waals surface area contributed by atoms with Gasteiger partial charge >= 0.3 is 0 Å². The number of allylic oxidation sites excluding steroid dienone is 1. The highest BCUT2D eigenvalue weighted by molar-refractivity contribution is 7.19. The quantitative estimate of drug-likeness (QED) is 0.649. The van der Waals surface area contributed by atoms with Crippen LogP contribution in [0.2, 0.25) is 0 Å². The Kier molecular flexibility index (Phi) is 4.89. The first-order valence-electron chi connectivity index (χ1n) is 10.2. The van der Waals surface area contributed by atoms with Gasteiger partial charge in [-0.25, -0.2) is 9.97 Å². The number of aromatic nitrogens is 2. The van der Waals surface area contributed by atoms with E-state index >= 15 is 0 Å². The Morgan fingerprint density at radius 1 is 0.966 bits per heavy atom. The van der Waals surface area contributed by atoms with Crippen molar-refractivity contribution in [1.82, 2.24) is 14.9 Å². The highest BCUT2D eigenvalue weighted by Crippen LogP contribution is 2.32. The van der Waals surface area contributed by atoms with E-state index in [1.165, 1.54) is 0 Å². The number of hydrogen-bond acceptors (Lipinski definition) is 6. The number of likely N-dealkylation sites (N-methyl/N-ethyl adjacent to an activating group) is 1. The average molecular weight is 405 g/mol. The summed E-state index contributed by atoms with van der Waals surface area (Å²) in [4.78, 5) is 27.3. The molecule has 3 aromatic rings. The van der Waals surface area contributed by atoms with E-state index in [2.05, 4.69) is 35.0 Å². The number of para-hydroxylation sites is 1. The van der Waals surface area contributed by atoms with Crippen LogP contribution in [0, 0.1) is 0 Å². The number of thiazole rings is 1. The molecule has 0 spiro atoms. The minimum atomic E-state index is 0.153. The van der Waals surface area contributed by atoms with E-state index in [9.17, 15) is 4.79 Å². The monoisotopic (exact) mass is 404 g/mol. The molecule has 0 bridgehead atoms. The van der Waals surface area contributed by atoms with Gasteiger partial charge in [0.2, 0.25) is 0 Å². The second-order valence-corrected chi connectivity index (χ2v) is 8.85. The molecule has 1 aliphatic heterocycles. The van der Waals surface area contributed by atoms with Gasteiger partial charge in [0.1, 0.15) is 10.8 Å². The lowest BCUT2D eigenvalue weighted by molar-refractivity contribution is -0.113. The molecule has 29 heavy (non-hydrogen) atoms. The van der Waals surface area contributed by atoms with Crippen molar-refractivity contribution in [1.29, 1.82) is 0 Å². The van der Waals surface area contributed by atoms with Gasteiger partial charge in [-0.1, -0.05) is 12.1 Å². The van der Waals surface area contributed by atoms with Crippen LogP contribution in [0.15, 0.2) is 36.4 Å². The molecule has 0 amide bonds. The summed E-state index contributed by atoms with van der Waals surface area (Å²) in [6, 6.07) is 12.3. The van der Waals surface area contributed by atoms with Crippen molar-refractivity contribution in [2.75, 3.05) is 38.1 Å². The Bertz CT molecular complexity index is 1070. The first kappa shape index (κ1) is 18.5. The Hall–Kier alpha value is -2.57. The number of nitrogens with zero attached hydrogens (tertiary/aromatic N) is 4. The minimum absolute atomic E-state index is 0.153. The van der Waals surface area contributed by atoms with E-state index in [0.717, 1.165) is 70.5 Å². The molecule has 148 valence electrons. The fourth-order valence-corrected chi connectivity index (χ4v) is 5.05. The Morgan fingerprint density at radius 3 is 2.76 bits per heavy atom. The summed E-state index contributed by atoms with van der Waals surface area (Å²) in [6.07, 6.45) is 4.30. The third-order valence-corrected chi connectivity index (χ3v) is 6.82. The summed E-state index contributed by atoms with van der Waals surface area (Å²) in [5.74, 6) is 1.18. The van der Waals surface area contributed by atoms with E-state index in [4.69, 9.17) is 9.97 Å². The molecule has 3 heterocycles. The third kappa shape index (κ3) is 3.70. The zero-order chi connectivity index (χ0) is 19.8. The fraction of sp³-hybridized carbons (Fsp3) is 0.348. The Balaban J connectivity index is 1.49. The molecule has 5 rings (SSSR count). The lowest BCUT2D eigenvalue weighted by Gasteiger charge is -2.22. The van der Waals surface area contributed by atoms with Crippen LogP contribution >= 0.6 is 11.3 Å². The molecule has 0 atom stereocenters. The predicted octanol–water partition coefficient (Wildman–Crippen LogP) is 3.89. The van der Waals surface area contributed by atoms with Gasteiger partial charge in [-0.2, -0.15) is 0 Å². The number of pyridine rings is 1. The molecule has 0 saturated carbocycles. The van der Waals surface area contributed by atoms with Gasteiger partial charge in [-0.3, -0.25) is 4.79 Å². The fourth-order valence-electron chi connectivity index (χ4n) is 4.06. The van der Waals surface area contributed by atoms with Crippen LogP contribution in [0.25, 0.3) is 21.9 Å². The predicted molar refractivity (Wildman–Crippen MR) is 119 cm³/mol. The molecular formula is C23H24N4OS. The lowest BCUT2D eigenvalue weighted by atomic mass is 10.1. The highest BCUT2D eigenvalue weighted by atomic mass is 32.1. The topological polar surface area (TPSA) is 49.3 Å². The Labute approximate surface area is 174 Å². The number of ketones is 1. The molecular weight excluding hydrogens is 380 g/mol. The van der Waals surface area contributed by atoms with E-state index in [1.807, 2.05) is 24.3 Å². The van der Waals surface area contributed by atoms with Crippen LogP contribution in [0.5, 0.6) is 0 Å². The number of benzene rings is 1. The number of fused-ring (bicyclic) bond motifs is 2. The van der Waals surface area contributed by atoms with E-state index < -0.39 is 0 Å². The van der Waals surface area contributed by atoms with Crippen LogP contribution in [0.3, 0.4) is 0 Å². The summed E-state index contributed by atoms with van der Waals surface area (Å²) in [6.45, 7) is 4.21. The highest BCUT2D eigenvalue weighted by Gasteiger charge is 2.22. The molecule has 0 unspecified atom stereocenters. The second-order valence-electron chi connectivity index (χ2n) is 7.82. The number of aryl methyl sites for hydroxylation is 1. The summed E-state index contributed by atoms with van der Waals surface area (Å²) in [5.41, 5.74) is 3.73. The molecule has 2 aliphatic rings. The first-order valence-corrected chi connectivity index (χ1v) is 11.0. The van der Waals surface area contributed by atoms with Gasteiger partial charge < -0.3 is 9.80 Å². The van der Waals surface area contributed by atoms with Gasteiger partial charge in [0.15, 0.2) is 5.78 Å². The largest absolute Gasteiger partial charge is 0.355 e. The van der Waals surface area contributed by atoms with Crippen molar-refractivity contribution in [2.24, 2.45) is 0 Å². The van der Waals surface area contributed by atoms with E-state index in [-0.39, 0.29) is 5.78 Å². The maximum absolute atomic E-state index is 12.9. The number of Topliss-reactive ketones (excluding diaryl/α,β-unsaturated/α-hetero) is 1. The van der Waals surface area contributed by atoms with Gasteiger partial charge in [0.25, 0.3) is 0 Å². The van der Waals surface area contributed by atoms with E-state index in [0.29, 0.717) is 12.8 Å². The van der Waals surface area contributed by atoms with Gasteiger partial charge in [-0.15, -0.1) is 11.3 Å². The van der Waals surface area contributed by atoms with Gasteiger partial charge in [0, 0.05) is 26.1 Å². The van der Waals surface area contributed by atoms with E-state index in [1.54, 1.807) is 11.3 Å². The first-order chi connectivity index (χ1) is 14.2. The van der Waals surface area contributed by atoms with Gasteiger partial charge in [0.05, 0.1) is 21.5 Å². The lowest BCUT2D eigenvalue weighted by Crippen LogP contribution is -2.29. The maximum atomic E-state index is 12.9. The zero-order valence-corrected chi connectivity index (χ0v) is 17.4. The molecule has 5 nitrogen and oxygen atoms in total. The number of carbonyl (C=O) groups is 1. The molecule has 1 aromatic carbocycles. The average Bonchev–Trinajstić information content (AvgIpc) is 2.94. The van der Waals surface area contributed by atoms with Crippen molar-refractivity contribution in [3.05, 3.63) is 52.7 Å². The van der Waals surface area contributed by atoms with Crippen molar-refractivity contribution in [3.8, 4) is 0 Å². The zero-order valence-electron chi connectivity index (χ0n) is 16.6. The smallest absolute Gasteiger partial charge is 0.166 e. The number of carbonyl (C=O) groups excluding carboxylic acids is 1. The number of rotatable bonds is 2. The molecule has 1 aliphatic carbocycles. The van der Waals surface area contributed by atoms with Crippen LogP contribution in [-0.4, -0.2) is 53.9 Å². The Morgan fingerprint density at radius 2 is 1.86 bits per heavy atom. The summed E-state index contributed by atoms with van der Waals surface area (Å²) >= 11 is 1.59. The molecule has 1 saturated heterocycles. The molecule has 0 radical (unpaired) electrons. The minimum Gasteiger partial charge on any atom is -0.355 e. The van der Waals surface area contributed by atoms with Crippen LogP contribution < -0.4 is 4.90 Å². The second kappa shape index (κ2) is 7.69. The van der Waals surface area contributed by atoms with Crippen LogP contribution in [0.1, 0.15) is 29.1 Å². The van der Waals surface area contributed by atoms with Crippen LogP contribution in [-0.2, 0) is 11.2 Å². The molecule has 0 N–H and O–H groups in total. The van der Waals surface area contributed by atoms with Crippen LogP contribution in [0.4, 0.5) is 5.82 Å². The molecule has 2 aromatic heterocycles. The van der Waals surface area contributed by atoms with Gasteiger partial charge in [-0.05, 0) is 62.3 Å². The summed E-state index contributed by atoms with van der Waals surface area (Å²) in [7, 11) is 2.17. The van der Waals surface area contributed by atoms with Crippen molar-refractivity contribution in [2.45, 2.75) is 19.3 Å². The normalized spacial score (nSPS) is 18.3. The molecule has 1 fully saturated rings.